The van der Waals surface area contributed by atoms with Crippen molar-refractivity contribution in [3.63, 3.8) is 0 Å². The molecule has 0 bridgehead atoms. The molecule has 0 amide bonds. The normalized spacial score (nSPS) is 10.9. The summed E-state index contributed by atoms with van der Waals surface area (Å²) in [5, 5.41) is 11.4. The standard InChI is InChI=1S/C11H16N4O/c1-4-15-8(2)10(7-13-15)11-5-9(6-12-3)16-14-11/h5,7,12H,4,6H2,1-3H3. The minimum atomic E-state index is 0.688. The fourth-order valence-electron chi connectivity index (χ4n) is 1.71. The summed E-state index contributed by atoms with van der Waals surface area (Å²) in [5.41, 5.74) is 3.00. The molecule has 2 aromatic heterocycles. The molecule has 2 rings (SSSR count). The molecule has 0 aliphatic heterocycles. The lowest BCUT2D eigenvalue weighted by Gasteiger charge is -1.98. The average molecular weight is 220 g/mol. The summed E-state index contributed by atoms with van der Waals surface area (Å²) in [6.45, 7) is 5.66. The van der Waals surface area contributed by atoms with E-state index in [1.54, 1.807) is 0 Å². The largest absolute Gasteiger partial charge is 0.359 e. The second-order valence-corrected chi connectivity index (χ2v) is 3.67. The number of hydrogen-bond donors (Lipinski definition) is 1. The van der Waals surface area contributed by atoms with Crippen LogP contribution >= 0.6 is 0 Å². The molecule has 1 N–H and O–H groups in total. The molecular formula is C11H16N4O. The first-order valence-electron chi connectivity index (χ1n) is 5.39. The lowest BCUT2D eigenvalue weighted by atomic mass is 10.2. The van der Waals surface area contributed by atoms with Gasteiger partial charge in [0.15, 0.2) is 5.76 Å². The van der Waals surface area contributed by atoms with Crippen LogP contribution in [0.25, 0.3) is 11.3 Å². The molecule has 86 valence electrons. The van der Waals surface area contributed by atoms with E-state index in [2.05, 4.69) is 22.5 Å². The maximum absolute atomic E-state index is 5.21. The van der Waals surface area contributed by atoms with E-state index in [4.69, 9.17) is 4.52 Å². The molecular weight excluding hydrogens is 204 g/mol. The highest BCUT2D eigenvalue weighted by Gasteiger charge is 2.12. The van der Waals surface area contributed by atoms with Crippen LogP contribution < -0.4 is 5.32 Å². The summed E-state index contributed by atoms with van der Waals surface area (Å²) in [7, 11) is 1.88. The third-order valence-corrected chi connectivity index (χ3v) is 2.59. The first kappa shape index (κ1) is 10.9. The van der Waals surface area contributed by atoms with E-state index < -0.39 is 0 Å². The van der Waals surface area contributed by atoms with Gasteiger partial charge in [-0.2, -0.15) is 5.10 Å². The molecule has 0 aliphatic carbocycles. The summed E-state index contributed by atoms with van der Waals surface area (Å²) in [6.07, 6.45) is 1.83. The van der Waals surface area contributed by atoms with E-state index >= 15 is 0 Å². The molecule has 0 aliphatic rings. The van der Waals surface area contributed by atoms with Crippen LogP contribution in [0, 0.1) is 6.92 Å². The lowest BCUT2D eigenvalue weighted by molar-refractivity contribution is 0.379. The zero-order valence-corrected chi connectivity index (χ0v) is 9.82. The van der Waals surface area contributed by atoms with Gasteiger partial charge in [-0.25, -0.2) is 0 Å². The minimum Gasteiger partial charge on any atom is -0.359 e. The van der Waals surface area contributed by atoms with Gasteiger partial charge in [0.25, 0.3) is 0 Å². The van der Waals surface area contributed by atoms with Crippen molar-refractivity contribution in [2.24, 2.45) is 0 Å². The molecule has 0 saturated carbocycles. The van der Waals surface area contributed by atoms with Crippen LogP contribution in [0.1, 0.15) is 18.4 Å². The first-order valence-corrected chi connectivity index (χ1v) is 5.39. The van der Waals surface area contributed by atoms with Gasteiger partial charge in [-0.05, 0) is 20.9 Å². The minimum absolute atomic E-state index is 0.688. The van der Waals surface area contributed by atoms with Gasteiger partial charge in [-0.15, -0.1) is 0 Å². The van der Waals surface area contributed by atoms with E-state index in [1.807, 2.05) is 30.9 Å². The Bertz CT molecular complexity index is 472. The molecule has 0 radical (unpaired) electrons. The number of aryl methyl sites for hydroxylation is 1. The van der Waals surface area contributed by atoms with Crippen molar-refractivity contribution in [3.8, 4) is 11.3 Å². The predicted octanol–water partition coefficient (Wildman–Crippen LogP) is 1.59. The molecule has 2 heterocycles. The van der Waals surface area contributed by atoms with Gasteiger partial charge in [0.2, 0.25) is 0 Å². The molecule has 0 spiro atoms. The van der Waals surface area contributed by atoms with Crippen LogP contribution in [0.2, 0.25) is 0 Å². The van der Waals surface area contributed by atoms with Gasteiger partial charge in [-0.1, -0.05) is 5.16 Å². The summed E-state index contributed by atoms with van der Waals surface area (Å²) >= 11 is 0. The van der Waals surface area contributed by atoms with E-state index in [0.29, 0.717) is 6.54 Å². The molecule has 2 aromatic rings. The Kier molecular flexibility index (Phi) is 3.05. The van der Waals surface area contributed by atoms with E-state index in [-0.39, 0.29) is 0 Å². The van der Waals surface area contributed by atoms with Gasteiger partial charge in [-0.3, -0.25) is 4.68 Å². The molecule has 16 heavy (non-hydrogen) atoms. The van der Waals surface area contributed by atoms with E-state index in [0.717, 1.165) is 29.3 Å². The second-order valence-electron chi connectivity index (χ2n) is 3.67. The summed E-state index contributed by atoms with van der Waals surface area (Å²) in [4.78, 5) is 0. The maximum Gasteiger partial charge on any atom is 0.151 e. The van der Waals surface area contributed by atoms with Crippen molar-refractivity contribution in [1.82, 2.24) is 20.3 Å². The van der Waals surface area contributed by atoms with Crippen LogP contribution in [0.3, 0.4) is 0 Å². The molecule has 5 nitrogen and oxygen atoms in total. The SMILES string of the molecule is CCn1ncc(-c2cc(CNC)on2)c1C. The molecule has 0 aromatic carbocycles. The third kappa shape index (κ3) is 1.86. The monoisotopic (exact) mass is 220 g/mol. The summed E-state index contributed by atoms with van der Waals surface area (Å²) < 4.78 is 7.15. The average Bonchev–Trinajstić information content (AvgIpc) is 2.85. The van der Waals surface area contributed by atoms with Gasteiger partial charge in [0.1, 0.15) is 5.69 Å². The number of aromatic nitrogens is 3. The number of rotatable bonds is 4. The zero-order valence-electron chi connectivity index (χ0n) is 9.82. The Balaban J connectivity index is 2.31. The topological polar surface area (TPSA) is 55.9 Å². The predicted molar refractivity (Wildman–Crippen MR) is 60.9 cm³/mol. The Morgan fingerprint density at radius 2 is 2.31 bits per heavy atom. The van der Waals surface area contributed by atoms with Crippen LogP contribution in [0.4, 0.5) is 0 Å². The first-order chi connectivity index (χ1) is 7.76. The molecule has 0 saturated heterocycles. The summed E-state index contributed by atoms with van der Waals surface area (Å²) in [6, 6.07) is 1.94. The van der Waals surface area contributed by atoms with Gasteiger partial charge in [0.05, 0.1) is 12.7 Å². The molecule has 0 atom stereocenters. The van der Waals surface area contributed by atoms with Crippen molar-refractivity contribution in [1.29, 1.82) is 0 Å². The molecule has 0 unspecified atom stereocenters. The van der Waals surface area contributed by atoms with Crippen molar-refractivity contribution < 1.29 is 4.52 Å². The number of hydrogen-bond acceptors (Lipinski definition) is 4. The highest BCUT2D eigenvalue weighted by molar-refractivity contribution is 5.60. The van der Waals surface area contributed by atoms with Crippen LogP contribution in [-0.2, 0) is 13.1 Å². The Morgan fingerprint density at radius 1 is 1.50 bits per heavy atom. The van der Waals surface area contributed by atoms with Crippen molar-refractivity contribution in [2.75, 3.05) is 7.05 Å². The number of nitrogens with one attached hydrogen (secondary N) is 1. The van der Waals surface area contributed by atoms with Crippen LogP contribution in [0.15, 0.2) is 16.8 Å². The quantitative estimate of drug-likeness (QED) is 0.850. The lowest BCUT2D eigenvalue weighted by Crippen LogP contribution is -2.03. The fourth-order valence-corrected chi connectivity index (χ4v) is 1.71. The fraction of sp³-hybridized carbons (Fsp3) is 0.455. The van der Waals surface area contributed by atoms with Crippen LogP contribution in [0.5, 0.6) is 0 Å². The third-order valence-electron chi connectivity index (χ3n) is 2.59. The Labute approximate surface area is 94.4 Å². The maximum atomic E-state index is 5.21. The van der Waals surface area contributed by atoms with Crippen LogP contribution in [-0.4, -0.2) is 22.0 Å². The highest BCUT2D eigenvalue weighted by atomic mass is 16.5. The highest BCUT2D eigenvalue weighted by Crippen LogP contribution is 2.22. The van der Waals surface area contributed by atoms with Crippen molar-refractivity contribution >= 4 is 0 Å². The molecule has 5 heteroatoms. The number of nitrogens with zero attached hydrogens (tertiary/aromatic N) is 3. The van der Waals surface area contributed by atoms with E-state index in [1.165, 1.54) is 0 Å². The van der Waals surface area contributed by atoms with Gasteiger partial charge < -0.3 is 9.84 Å². The van der Waals surface area contributed by atoms with Crippen molar-refractivity contribution in [2.45, 2.75) is 26.9 Å². The van der Waals surface area contributed by atoms with E-state index in [9.17, 15) is 0 Å². The smallest absolute Gasteiger partial charge is 0.151 e. The zero-order chi connectivity index (χ0) is 11.5. The Morgan fingerprint density at radius 3 is 2.94 bits per heavy atom. The molecule has 0 fully saturated rings. The van der Waals surface area contributed by atoms with Crippen molar-refractivity contribution in [3.05, 3.63) is 23.7 Å². The van der Waals surface area contributed by atoms with Gasteiger partial charge >= 0.3 is 0 Å². The second kappa shape index (κ2) is 4.49. The van der Waals surface area contributed by atoms with Gasteiger partial charge in [0, 0.05) is 23.9 Å². The Hall–Kier alpha value is -1.62. The summed E-state index contributed by atoms with van der Waals surface area (Å²) in [5.74, 6) is 0.834.